The second-order valence-corrected chi connectivity index (χ2v) is 4.57. The van der Waals surface area contributed by atoms with Gasteiger partial charge in [0.25, 0.3) is 0 Å². The minimum atomic E-state index is -0.939. The van der Waals surface area contributed by atoms with Crippen LogP contribution in [0.4, 0.5) is 4.79 Å². The normalized spacial score (nSPS) is 12.3. The maximum Gasteiger partial charge on any atom is 0.317 e. The number of nitrogens with one attached hydrogen (secondary N) is 1. The van der Waals surface area contributed by atoms with Crippen LogP contribution in [0.1, 0.15) is 27.2 Å². The van der Waals surface area contributed by atoms with E-state index >= 15 is 0 Å². The summed E-state index contributed by atoms with van der Waals surface area (Å²) in [7, 11) is 1.44. The predicted octanol–water partition coefficient (Wildman–Crippen LogP) is 1.16. The smallest absolute Gasteiger partial charge is 0.317 e. The molecule has 0 aliphatic rings. The SMILES string of the molecule is CCN(CC(C)C)C(=O)NCC(CC(=O)O)OC. The number of carboxylic acid groups (broad SMARTS) is 1. The Bertz CT molecular complexity index is 269. The number of carboxylic acids is 1. The van der Waals surface area contributed by atoms with Gasteiger partial charge in [-0.2, -0.15) is 0 Å². The molecule has 0 heterocycles. The average Bonchev–Trinajstić information content (AvgIpc) is 2.30. The number of methoxy groups -OCH3 is 1. The van der Waals surface area contributed by atoms with Crippen LogP contribution in [0.15, 0.2) is 0 Å². The van der Waals surface area contributed by atoms with Gasteiger partial charge in [-0.25, -0.2) is 4.79 Å². The molecule has 18 heavy (non-hydrogen) atoms. The molecule has 0 saturated heterocycles. The van der Waals surface area contributed by atoms with Gasteiger partial charge < -0.3 is 20.1 Å². The number of amides is 2. The number of ether oxygens (including phenoxy) is 1. The number of aliphatic carboxylic acids is 1. The van der Waals surface area contributed by atoms with Crippen LogP contribution in [-0.2, 0) is 9.53 Å². The van der Waals surface area contributed by atoms with Crippen molar-refractivity contribution in [1.29, 1.82) is 0 Å². The van der Waals surface area contributed by atoms with Gasteiger partial charge in [0.1, 0.15) is 0 Å². The number of hydrogen-bond acceptors (Lipinski definition) is 3. The van der Waals surface area contributed by atoms with E-state index < -0.39 is 12.1 Å². The van der Waals surface area contributed by atoms with Gasteiger partial charge in [0.2, 0.25) is 0 Å². The fraction of sp³-hybridized carbons (Fsp3) is 0.833. The van der Waals surface area contributed by atoms with Crippen LogP contribution in [0.25, 0.3) is 0 Å². The summed E-state index contributed by atoms with van der Waals surface area (Å²) in [6, 6.07) is -0.182. The number of carbonyl (C=O) groups excluding carboxylic acids is 1. The molecule has 6 nitrogen and oxygen atoms in total. The fourth-order valence-electron chi connectivity index (χ4n) is 1.54. The van der Waals surface area contributed by atoms with Crippen LogP contribution in [0.3, 0.4) is 0 Å². The Morgan fingerprint density at radius 1 is 1.39 bits per heavy atom. The van der Waals surface area contributed by atoms with Crippen molar-refractivity contribution in [2.45, 2.75) is 33.3 Å². The van der Waals surface area contributed by atoms with Gasteiger partial charge in [-0.3, -0.25) is 4.79 Å². The lowest BCUT2D eigenvalue weighted by molar-refractivity contribution is -0.139. The molecule has 1 atom stereocenters. The molecule has 0 aromatic heterocycles. The van der Waals surface area contributed by atoms with Gasteiger partial charge in [-0.1, -0.05) is 13.8 Å². The Hall–Kier alpha value is -1.30. The first kappa shape index (κ1) is 16.7. The molecule has 0 fully saturated rings. The van der Waals surface area contributed by atoms with Gasteiger partial charge >= 0.3 is 12.0 Å². The minimum absolute atomic E-state index is 0.118. The van der Waals surface area contributed by atoms with Crippen LogP contribution in [0, 0.1) is 5.92 Å². The molecule has 0 bridgehead atoms. The summed E-state index contributed by atoms with van der Waals surface area (Å²) in [5.41, 5.74) is 0. The third-order valence-corrected chi connectivity index (χ3v) is 2.47. The van der Waals surface area contributed by atoms with E-state index in [1.165, 1.54) is 7.11 Å². The van der Waals surface area contributed by atoms with Crippen molar-refractivity contribution in [3.05, 3.63) is 0 Å². The van der Waals surface area contributed by atoms with Crippen LogP contribution < -0.4 is 5.32 Å². The standard InChI is InChI=1S/C12H24N2O4/c1-5-14(8-9(2)3)12(17)13-7-10(18-4)6-11(15)16/h9-10H,5-8H2,1-4H3,(H,13,17)(H,15,16). The molecule has 2 amide bonds. The van der Waals surface area contributed by atoms with Crippen molar-refractivity contribution >= 4 is 12.0 Å². The lowest BCUT2D eigenvalue weighted by Gasteiger charge is -2.24. The zero-order valence-electron chi connectivity index (χ0n) is 11.6. The maximum absolute atomic E-state index is 11.8. The van der Waals surface area contributed by atoms with E-state index in [4.69, 9.17) is 9.84 Å². The summed E-state index contributed by atoms with van der Waals surface area (Å²) < 4.78 is 4.99. The second-order valence-electron chi connectivity index (χ2n) is 4.57. The molecule has 0 rings (SSSR count). The highest BCUT2D eigenvalue weighted by Crippen LogP contribution is 2.00. The topological polar surface area (TPSA) is 78.9 Å². The monoisotopic (exact) mass is 260 g/mol. The van der Waals surface area contributed by atoms with E-state index in [2.05, 4.69) is 5.32 Å². The van der Waals surface area contributed by atoms with E-state index in [0.29, 0.717) is 19.0 Å². The first-order valence-electron chi connectivity index (χ1n) is 6.18. The van der Waals surface area contributed by atoms with Crippen molar-refractivity contribution in [3.63, 3.8) is 0 Å². The summed E-state index contributed by atoms with van der Waals surface area (Å²) in [5.74, 6) is -0.543. The Labute approximate surface area is 108 Å². The first-order chi connectivity index (χ1) is 8.40. The van der Waals surface area contributed by atoms with Crippen molar-refractivity contribution in [3.8, 4) is 0 Å². The number of rotatable bonds is 8. The van der Waals surface area contributed by atoms with Crippen molar-refractivity contribution in [1.82, 2.24) is 10.2 Å². The van der Waals surface area contributed by atoms with E-state index in [1.54, 1.807) is 4.90 Å². The van der Waals surface area contributed by atoms with Crippen molar-refractivity contribution < 1.29 is 19.4 Å². The molecule has 1 unspecified atom stereocenters. The largest absolute Gasteiger partial charge is 0.481 e. The van der Waals surface area contributed by atoms with E-state index in [-0.39, 0.29) is 19.0 Å². The fourth-order valence-corrected chi connectivity index (χ4v) is 1.54. The van der Waals surface area contributed by atoms with Gasteiger partial charge in [0.15, 0.2) is 0 Å². The number of carbonyl (C=O) groups is 2. The molecule has 0 aromatic rings. The molecule has 0 radical (unpaired) electrons. The van der Waals surface area contributed by atoms with Gasteiger partial charge in [-0.15, -0.1) is 0 Å². The van der Waals surface area contributed by atoms with Gasteiger partial charge in [0, 0.05) is 26.7 Å². The Balaban J connectivity index is 4.16. The summed E-state index contributed by atoms with van der Waals surface area (Å²) in [6.45, 7) is 7.50. The molecule has 0 aliphatic heterocycles. The van der Waals surface area contributed by atoms with E-state index in [1.807, 2.05) is 20.8 Å². The van der Waals surface area contributed by atoms with E-state index in [0.717, 1.165) is 0 Å². The van der Waals surface area contributed by atoms with E-state index in [9.17, 15) is 9.59 Å². The summed E-state index contributed by atoms with van der Waals surface area (Å²) >= 11 is 0. The number of hydrogen-bond donors (Lipinski definition) is 2. The van der Waals surface area contributed by atoms with Crippen molar-refractivity contribution in [2.75, 3.05) is 26.7 Å². The lowest BCUT2D eigenvalue weighted by Crippen LogP contribution is -2.44. The zero-order chi connectivity index (χ0) is 14.1. The number of urea groups is 1. The van der Waals surface area contributed by atoms with Crippen LogP contribution >= 0.6 is 0 Å². The highest BCUT2D eigenvalue weighted by molar-refractivity contribution is 5.74. The molecular formula is C12H24N2O4. The summed E-state index contributed by atoms with van der Waals surface area (Å²) in [5, 5.41) is 11.3. The average molecular weight is 260 g/mol. The second kappa shape index (κ2) is 8.74. The maximum atomic E-state index is 11.8. The van der Waals surface area contributed by atoms with Crippen LogP contribution in [0.2, 0.25) is 0 Å². The molecule has 0 aliphatic carbocycles. The first-order valence-corrected chi connectivity index (χ1v) is 6.18. The molecular weight excluding hydrogens is 236 g/mol. The summed E-state index contributed by atoms with van der Waals surface area (Å²) in [4.78, 5) is 24.1. The minimum Gasteiger partial charge on any atom is -0.481 e. The highest BCUT2D eigenvalue weighted by Gasteiger charge is 2.16. The molecule has 2 N–H and O–H groups in total. The molecule has 0 saturated carbocycles. The third-order valence-electron chi connectivity index (χ3n) is 2.47. The van der Waals surface area contributed by atoms with Crippen LogP contribution in [0.5, 0.6) is 0 Å². The Kier molecular flexibility index (Phi) is 8.11. The number of nitrogens with zero attached hydrogens (tertiary/aromatic N) is 1. The summed E-state index contributed by atoms with van der Waals surface area (Å²) in [6.07, 6.45) is -0.614. The lowest BCUT2D eigenvalue weighted by atomic mass is 10.2. The van der Waals surface area contributed by atoms with Gasteiger partial charge in [-0.05, 0) is 12.8 Å². The Morgan fingerprint density at radius 3 is 2.39 bits per heavy atom. The highest BCUT2D eigenvalue weighted by atomic mass is 16.5. The van der Waals surface area contributed by atoms with Gasteiger partial charge in [0.05, 0.1) is 12.5 Å². The van der Waals surface area contributed by atoms with Crippen molar-refractivity contribution in [2.24, 2.45) is 5.92 Å². The molecule has 0 aromatic carbocycles. The zero-order valence-corrected chi connectivity index (χ0v) is 11.6. The third kappa shape index (κ3) is 7.11. The molecule has 0 spiro atoms. The molecule has 6 heteroatoms. The quantitative estimate of drug-likeness (QED) is 0.686. The molecule has 106 valence electrons. The van der Waals surface area contributed by atoms with Crippen LogP contribution in [-0.4, -0.2) is 54.9 Å². The predicted molar refractivity (Wildman–Crippen MR) is 68.5 cm³/mol. The Morgan fingerprint density at radius 2 is 2.00 bits per heavy atom.